The van der Waals surface area contributed by atoms with Gasteiger partial charge in [0.15, 0.2) is 11.5 Å². The Labute approximate surface area is 180 Å². The van der Waals surface area contributed by atoms with Crippen molar-refractivity contribution < 1.29 is 45.4 Å². The molecule has 33 heavy (non-hydrogen) atoms. The van der Waals surface area contributed by atoms with Crippen LogP contribution in [0.2, 0.25) is 0 Å². The first-order chi connectivity index (χ1) is 15.3. The smallest absolute Gasteiger partial charge is 0.416 e. The summed E-state index contributed by atoms with van der Waals surface area (Å²) >= 11 is 0. The van der Waals surface area contributed by atoms with Crippen molar-refractivity contribution in [2.24, 2.45) is 0 Å². The van der Waals surface area contributed by atoms with Gasteiger partial charge < -0.3 is 9.47 Å². The Morgan fingerprint density at radius 2 is 1.55 bits per heavy atom. The number of hydrogen-bond acceptors (Lipinski definition) is 9. The topological polar surface area (TPSA) is 124 Å². The number of benzene rings is 1. The second-order valence-corrected chi connectivity index (χ2v) is 6.00. The predicted octanol–water partition coefficient (Wildman–Crippen LogP) is 2.06. The van der Waals surface area contributed by atoms with Gasteiger partial charge in [0, 0.05) is 19.0 Å². The van der Waals surface area contributed by atoms with E-state index in [1.165, 1.54) is 0 Å². The molecule has 0 atom stereocenters. The molecule has 1 aromatic heterocycles. The Morgan fingerprint density at radius 3 is 2.06 bits per heavy atom. The van der Waals surface area contributed by atoms with Gasteiger partial charge >= 0.3 is 30.0 Å². The van der Waals surface area contributed by atoms with E-state index in [4.69, 9.17) is 0 Å². The average Bonchev–Trinajstić information content (AvgIpc) is 2.71. The predicted molar refractivity (Wildman–Crippen MR) is 97.7 cm³/mol. The first kappa shape index (κ1) is 25.6. The standard InChI is InChI=1S/C17H15F6N5O5/c1-3-11-25-14(27-24-4-2)26-15(31)28(11)8-5-6-9(32-12(29)16(18,19)20)10(7-8)33-13(30)17(21,22)23/h5-7,24H,3-4H2,1-2H3,(H,26,27,31). The largest absolute Gasteiger partial charge is 0.491 e. The second kappa shape index (κ2) is 9.85. The van der Waals surface area contributed by atoms with Crippen LogP contribution in [0.25, 0.3) is 5.69 Å². The Balaban J connectivity index is 2.59. The van der Waals surface area contributed by atoms with E-state index in [0.29, 0.717) is 18.7 Å². The lowest BCUT2D eigenvalue weighted by molar-refractivity contribution is -0.191. The van der Waals surface area contributed by atoms with Gasteiger partial charge in [-0.2, -0.15) is 36.3 Å². The number of esters is 2. The summed E-state index contributed by atoms with van der Waals surface area (Å²) in [5, 5.41) is 0. The molecule has 0 aliphatic carbocycles. The summed E-state index contributed by atoms with van der Waals surface area (Å²) in [6.45, 7) is 3.77. The summed E-state index contributed by atoms with van der Waals surface area (Å²) in [6, 6.07) is 2.16. The molecule has 0 aliphatic heterocycles. The molecule has 0 amide bonds. The number of halogens is 6. The number of ether oxygens (including phenoxy) is 2. The molecule has 0 saturated carbocycles. The molecule has 2 N–H and O–H groups in total. The van der Waals surface area contributed by atoms with Gasteiger partial charge in [0.1, 0.15) is 5.82 Å². The van der Waals surface area contributed by atoms with Crippen LogP contribution >= 0.6 is 0 Å². The number of nitrogens with one attached hydrogen (secondary N) is 2. The molecule has 0 unspecified atom stereocenters. The molecule has 0 spiro atoms. The fourth-order valence-corrected chi connectivity index (χ4v) is 2.28. The molecule has 0 bridgehead atoms. The van der Waals surface area contributed by atoms with Gasteiger partial charge in [0.2, 0.25) is 5.95 Å². The number of aryl methyl sites for hydroxylation is 1. The first-order valence-electron chi connectivity index (χ1n) is 8.99. The van der Waals surface area contributed by atoms with Crippen LogP contribution in [0.3, 0.4) is 0 Å². The number of hydrazine groups is 1. The summed E-state index contributed by atoms with van der Waals surface area (Å²) in [4.78, 5) is 42.5. The van der Waals surface area contributed by atoms with Gasteiger partial charge in [0.25, 0.3) is 0 Å². The Morgan fingerprint density at radius 1 is 0.970 bits per heavy atom. The van der Waals surface area contributed by atoms with E-state index in [2.05, 4.69) is 30.3 Å². The van der Waals surface area contributed by atoms with Crippen molar-refractivity contribution in [3.63, 3.8) is 0 Å². The van der Waals surface area contributed by atoms with Crippen LogP contribution in [-0.4, -0.2) is 45.4 Å². The number of hydrogen-bond donors (Lipinski definition) is 2. The Hall–Kier alpha value is -3.69. The quantitative estimate of drug-likeness (QED) is 0.264. The highest BCUT2D eigenvalue weighted by molar-refractivity contribution is 5.81. The van der Waals surface area contributed by atoms with Crippen LogP contribution < -0.4 is 26.0 Å². The molecule has 1 heterocycles. The zero-order valence-electron chi connectivity index (χ0n) is 16.8. The summed E-state index contributed by atoms with van der Waals surface area (Å²) in [6.07, 6.45) is -10.9. The van der Waals surface area contributed by atoms with Crippen molar-refractivity contribution in [1.82, 2.24) is 20.0 Å². The molecule has 180 valence electrons. The number of alkyl halides is 6. The zero-order chi connectivity index (χ0) is 25.0. The minimum Gasteiger partial charge on any atom is -0.416 e. The van der Waals surface area contributed by atoms with Crippen LogP contribution in [0.5, 0.6) is 11.5 Å². The molecule has 0 saturated heterocycles. The van der Waals surface area contributed by atoms with E-state index in [9.17, 15) is 40.7 Å². The van der Waals surface area contributed by atoms with E-state index in [1.807, 2.05) is 0 Å². The third-order valence-electron chi connectivity index (χ3n) is 3.63. The summed E-state index contributed by atoms with van der Waals surface area (Å²) < 4.78 is 84.3. The van der Waals surface area contributed by atoms with Gasteiger partial charge in [-0.3, -0.25) is 5.43 Å². The number of rotatable bonds is 7. The van der Waals surface area contributed by atoms with E-state index >= 15 is 0 Å². The number of carbonyl (C=O) groups excluding carboxylic acids is 2. The van der Waals surface area contributed by atoms with Gasteiger partial charge in [0.05, 0.1) is 5.69 Å². The van der Waals surface area contributed by atoms with Crippen LogP contribution in [0.1, 0.15) is 19.7 Å². The van der Waals surface area contributed by atoms with Crippen LogP contribution in [0.15, 0.2) is 23.0 Å². The summed E-state index contributed by atoms with van der Waals surface area (Å²) in [5.41, 5.74) is 3.96. The lowest BCUT2D eigenvalue weighted by Gasteiger charge is -2.16. The van der Waals surface area contributed by atoms with E-state index in [0.717, 1.165) is 10.6 Å². The molecule has 2 rings (SSSR count). The highest BCUT2D eigenvalue weighted by atomic mass is 19.4. The molecular formula is C17H15F6N5O5. The number of carbonyl (C=O) groups is 2. The van der Waals surface area contributed by atoms with Crippen molar-refractivity contribution in [2.45, 2.75) is 32.6 Å². The van der Waals surface area contributed by atoms with Crippen molar-refractivity contribution in [3.8, 4) is 17.2 Å². The Kier molecular flexibility index (Phi) is 7.63. The van der Waals surface area contributed by atoms with Crippen LogP contribution in [-0.2, 0) is 16.0 Å². The average molecular weight is 483 g/mol. The van der Waals surface area contributed by atoms with Crippen molar-refractivity contribution in [2.75, 3.05) is 12.0 Å². The van der Waals surface area contributed by atoms with Gasteiger partial charge in [-0.05, 0) is 12.1 Å². The fourth-order valence-electron chi connectivity index (χ4n) is 2.28. The molecule has 16 heteroatoms. The van der Waals surface area contributed by atoms with Crippen LogP contribution in [0, 0.1) is 0 Å². The van der Waals surface area contributed by atoms with Crippen molar-refractivity contribution >= 4 is 17.9 Å². The lowest BCUT2D eigenvalue weighted by Crippen LogP contribution is -2.31. The highest BCUT2D eigenvalue weighted by Gasteiger charge is 2.44. The van der Waals surface area contributed by atoms with E-state index in [1.54, 1.807) is 13.8 Å². The maximum absolute atomic E-state index is 12.6. The van der Waals surface area contributed by atoms with E-state index < -0.39 is 41.5 Å². The third kappa shape index (κ3) is 6.41. The number of aromatic nitrogens is 3. The third-order valence-corrected chi connectivity index (χ3v) is 3.63. The highest BCUT2D eigenvalue weighted by Crippen LogP contribution is 2.33. The molecule has 0 aliphatic rings. The summed E-state index contributed by atoms with van der Waals surface area (Å²) in [5.74, 6) is -7.98. The second-order valence-electron chi connectivity index (χ2n) is 6.00. The SMILES string of the molecule is CCNNc1nc(CC)n(-c2ccc(OC(=O)C(F)(F)F)c(OC(=O)C(F)(F)F)c2)c(=O)n1. The normalized spacial score (nSPS) is 11.8. The molecule has 0 radical (unpaired) electrons. The van der Waals surface area contributed by atoms with Gasteiger partial charge in [-0.15, -0.1) is 0 Å². The Bertz CT molecular complexity index is 1100. The van der Waals surface area contributed by atoms with Gasteiger partial charge in [-0.25, -0.2) is 24.4 Å². The minimum atomic E-state index is -5.52. The molecule has 0 fully saturated rings. The maximum Gasteiger partial charge on any atom is 0.491 e. The van der Waals surface area contributed by atoms with Crippen molar-refractivity contribution in [1.29, 1.82) is 0 Å². The molecule has 2 aromatic rings. The van der Waals surface area contributed by atoms with Gasteiger partial charge in [-0.1, -0.05) is 13.8 Å². The van der Waals surface area contributed by atoms with Crippen molar-refractivity contribution in [3.05, 3.63) is 34.5 Å². The lowest BCUT2D eigenvalue weighted by atomic mass is 10.2. The molecule has 10 nitrogen and oxygen atoms in total. The monoisotopic (exact) mass is 483 g/mol. The summed E-state index contributed by atoms with van der Waals surface area (Å²) in [7, 11) is 0. The zero-order valence-corrected chi connectivity index (χ0v) is 16.8. The van der Waals surface area contributed by atoms with E-state index in [-0.39, 0.29) is 23.9 Å². The molecule has 1 aromatic carbocycles. The number of nitrogens with zero attached hydrogens (tertiary/aromatic N) is 3. The number of anilines is 1. The first-order valence-corrected chi connectivity index (χ1v) is 8.99. The minimum absolute atomic E-state index is 0.0449. The molecular weight excluding hydrogens is 468 g/mol. The maximum atomic E-state index is 12.6. The fraction of sp³-hybridized carbons (Fsp3) is 0.353. The van der Waals surface area contributed by atoms with Crippen LogP contribution in [0.4, 0.5) is 32.3 Å².